The molecule has 64 valence electrons. The summed E-state index contributed by atoms with van der Waals surface area (Å²) in [6.45, 7) is 0.781. The van der Waals surface area contributed by atoms with Crippen LogP contribution in [-0.2, 0) is 0 Å². The van der Waals surface area contributed by atoms with Gasteiger partial charge in [0.1, 0.15) is 5.84 Å². The molecule has 1 rings (SSSR count). The Labute approximate surface area is 72.2 Å². The van der Waals surface area contributed by atoms with E-state index in [1.807, 2.05) is 31.4 Å². The molecule has 0 amide bonds. The number of nitrogens with zero attached hydrogens (tertiary/aromatic N) is 3. The topological polar surface area (TPSA) is 51.4 Å². The number of aliphatic imine (C=N–C) groups is 1. The molecule has 0 saturated carbocycles. The van der Waals surface area contributed by atoms with Crippen molar-refractivity contribution in [1.82, 2.24) is 10.2 Å². The van der Waals surface area contributed by atoms with E-state index < -0.39 is 0 Å². The normalized spacial score (nSPS) is 18.8. The molecule has 1 aliphatic rings. The van der Waals surface area contributed by atoms with Crippen molar-refractivity contribution in [3.63, 3.8) is 0 Å². The van der Waals surface area contributed by atoms with Crippen molar-refractivity contribution in [1.29, 1.82) is 5.26 Å². The third-order valence-electron chi connectivity index (χ3n) is 1.54. The Bertz CT molecular complexity index is 257. The van der Waals surface area contributed by atoms with Crippen LogP contribution in [0, 0.1) is 11.5 Å². The second-order valence-electron chi connectivity index (χ2n) is 2.84. The van der Waals surface area contributed by atoms with Crippen molar-refractivity contribution in [3.8, 4) is 6.19 Å². The fourth-order valence-corrected chi connectivity index (χ4v) is 1.12. The Morgan fingerprint density at radius 2 is 2.42 bits per heavy atom. The largest absolute Gasteiger partial charge is 0.383 e. The van der Waals surface area contributed by atoms with Crippen LogP contribution in [0.3, 0.4) is 0 Å². The van der Waals surface area contributed by atoms with Crippen molar-refractivity contribution in [2.24, 2.45) is 4.99 Å². The lowest BCUT2D eigenvalue weighted by molar-refractivity contribution is 0.559. The Hall–Kier alpha value is -1.50. The number of hydrogen-bond donors (Lipinski definition) is 1. The first-order chi connectivity index (χ1) is 5.74. The second kappa shape index (κ2) is 3.77. The van der Waals surface area contributed by atoms with Gasteiger partial charge in [-0.05, 0) is 6.42 Å². The van der Waals surface area contributed by atoms with E-state index in [-0.39, 0.29) is 0 Å². The highest BCUT2D eigenvalue weighted by atomic mass is 15.1. The molecule has 0 atom stereocenters. The van der Waals surface area contributed by atoms with Crippen molar-refractivity contribution < 1.29 is 0 Å². The molecule has 0 radical (unpaired) electrons. The highest BCUT2D eigenvalue weighted by molar-refractivity contribution is 6.00. The Balaban J connectivity index is 2.69. The lowest BCUT2D eigenvalue weighted by Crippen LogP contribution is -2.18. The Morgan fingerprint density at radius 3 is 3.00 bits per heavy atom. The third kappa shape index (κ3) is 1.99. The molecule has 0 aromatic heterocycles. The number of nitriles is 1. The molecule has 4 heteroatoms. The van der Waals surface area contributed by atoms with Gasteiger partial charge in [-0.1, -0.05) is 0 Å². The number of hydrogen-bond acceptors (Lipinski definition) is 4. The highest BCUT2D eigenvalue weighted by Gasteiger charge is 2.12. The fourth-order valence-electron chi connectivity index (χ4n) is 1.12. The Morgan fingerprint density at radius 1 is 1.67 bits per heavy atom. The van der Waals surface area contributed by atoms with Crippen molar-refractivity contribution in [2.75, 3.05) is 20.6 Å². The Kier molecular flexibility index (Phi) is 2.70. The molecule has 0 fully saturated rings. The van der Waals surface area contributed by atoms with Crippen LogP contribution < -0.4 is 5.32 Å². The van der Waals surface area contributed by atoms with E-state index in [2.05, 4.69) is 10.3 Å². The monoisotopic (exact) mass is 164 g/mol. The van der Waals surface area contributed by atoms with Crippen LogP contribution >= 0.6 is 0 Å². The summed E-state index contributed by atoms with van der Waals surface area (Å²) in [6, 6.07) is 0. The van der Waals surface area contributed by atoms with Gasteiger partial charge in [0.15, 0.2) is 6.19 Å². The zero-order chi connectivity index (χ0) is 8.97. The fraction of sp³-hybridized carbons (Fsp3) is 0.500. The number of amidine groups is 1. The van der Waals surface area contributed by atoms with Gasteiger partial charge >= 0.3 is 0 Å². The van der Waals surface area contributed by atoms with Crippen LogP contribution in [0.4, 0.5) is 0 Å². The summed E-state index contributed by atoms with van der Waals surface area (Å²) in [5, 5.41) is 11.0. The average molecular weight is 164 g/mol. The zero-order valence-corrected chi connectivity index (χ0v) is 7.33. The summed E-state index contributed by atoms with van der Waals surface area (Å²) in [4.78, 5) is 6.10. The molecule has 1 heterocycles. The van der Waals surface area contributed by atoms with E-state index in [1.54, 1.807) is 0 Å². The maximum Gasteiger partial charge on any atom is 0.182 e. The lowest BCUT2D eigenvalue weighted by Gasteiger charge is -2.07. The minimum absolute atomic E-state index is 0.714. The first-order valence-electron chi connectivity index (χ1n) is 3.81. The molecule has 4 nitrogen and oxygen atoms in total. The van der Waals surface area contributed by atoms with Gasteiger partial charge in [0.25, 0.3) is 0 Å². The summed E-state index contributed by atoms with van der Waals surface area (Å²) >= 11 is 0. The molecular formula is C8H12N4. The van der Waals surface area contributed by atoms with E-state index in [4.69, 9.17) is 5.26 Å². The van der Waals surface area contributed by atoms with Gasteiger partial charge in [-0.15, -0.1) is 0 Å². The third-order valence-corrected chi connectivity index (χ3v) is 1.54. The predicted molar refractivity (Wildman–Crippen MR) is 47.4 cm³/mol. The van der Waals surface area contributed by atoms with Gasteiger partial charge in [0.2, 0.25) is 0 Å². The molecule has 0 aliphatic carbocycles. The van der Waals surface area contributed by atoms with Crippen LogP contribution in [-0.4, -0.2) is 31.4 Å². The first kappa shape index (κ1) is 8.60. The van der Waals surface area contributed by atoms with E-state index in [1.165, 1.54) is 0 Å². The summed E-state index contributed by atoms with van der Waals surface area (Å²) in [5.41, 5.74) is 1.10. The van der Waals surface area contributed by atoms with Gasteiger partial charge in [-0.2, -0.15) is 5.26 Å². The standard InChI is InChI=1S/C8H12N4/c1-12(2)5-7-3-4-10-8(7)11-6-9/h5H,3-4H2,1-2H3,(H,10,11)/b7-5+. The molecule has 0 saturated heterocycles. The van der Waals surface area contributed by atoms with Crippen LogP contribution in [0.2, 0.25) is 0 Å². The zero-order valence-electron chi connectivity index (χ0n) is 7.33. The smallest absolute Gasteiger partial charge is 0.182 e. The predicted octanol–water partition coefficient (Wildman–Crippen LogP) is 0.305. The average Bonchev–Trinajstić information content (AvgIpc) is 2.37. The molecule has 0 aromatic carbocycles. The van der Waals surface area contributed by atoms with Gasteiger partial charge in [-0.3, -0.25) is 10.3 Å². The van der Waals surface area contributed by atoms with Gasteiger partial charge in [0.05, 0.1) is 0 Å². The molecule has 0 aromatic rings. The molecule has 0 unspecified atom stereocenters. The minimum atomic E-state index is 0.714. The lowest BCUT2D eigenvalue weighted by atomic mass is 10.2. The van der Waals surface area contributed by atoms with Crippen molar-refractivity contribution >= 4 is 5.84 Å². The van der Waals surface area contributed by atoms with Crippen LogP contribution in [0.5, 0.6) is 0 Å². The summed E-state index contributed by atoms with van der Waals surface area (Å²) in [5.74, 6) is 0.714. The van der Waals surface area contributed by atoms with E-state index in [0.29, 0.717) is 5.84 Å². The summed E-state index contributed by atoms with van der Waals surface area (Å²) in [6.07, 6.45) is 4.77. The molecule has 0 spiro atoms. The highest BCUT2D eigenvalue weighted by Crippen LogP contribution is 2.10. The number of nitrogens with one attached hydrogen (secondary N) is 1. The van der Waals surface area contributed by atoms with Gasteiger partial charge in [0, 0.05) is 32.4 Å². The summed E-state index contributed by atoms with van der Waals surface area (Å²) in [7, 11) is 3.91. The first-order valence-corrected chi connectivity index (χ1v) is 3.81. The van der Waals surface area contributed by atoms with Crippen LogP contribution in [0.15, 0.2) is 16.8 Å². The van der Waals surface area contributed by atoms with E-state index in [0.717, 1.165) is 18.5 Å². The van der Waals surface area contributed by atoms with E-state index >= 15 is 0 Å². The quantitative estimate of drug-likeness (QED) is 0.448. The SMILES string of the molecule is CN(C)/C=C1\CCN=C1NC#N. The van der Waals surface area contributed by atoms with Crippen LogP contribution in [0.25, 0.3) is 0 Å². The van der Waals surface area contributed by atoms with Crippen LogP contribution in [0.1, 0.15) is 6.42 Å². The maximum atomic E-state index is 8.40. The minimum Gasteiger partial charge on any atom is -0.383 e. The molecule has 0 bridgehead atoms. The molecule has 1 N–H and O–H groups in total. The molecule has 12 heavy (non-hydrogen) atoms. The van der Waals surface area contributed by atoms with Crippen molar-refractivity contribution in [2.45, 2.75) is 6.42 Å². The van der Waals surface area contributed by atoms with E-state index in [9.17, 15) is 0 Å². The molecular weight excluding hydrogens is 152 g/mol. The van der Waals surface area contributed by atoms with Gasteiger partial charge in [-0.25, -0.2) is 0 Å². The maximum absolute atomic E-state index is 8.40. The second-order valence-corrected chi connectivity index (χ2v) is 2.84. The number of rotatable bonds is 1. The van der Waals surface area contributed by atoms with Gasteiger partial charge < -0.3 is 4.90 Å². The van der Waals surface area contributed by atoms with Crippen molar-refractivity contribution in [3.05, 3.63) is 11.8 Å². The summed E-state index contributed by atoms with van der Waals surface area (Å²) < 4.78 is 0. The molecule has 1 aliphatic heterocycles.